The maximum absolute atomic E-state index is 14.4. The maximum atomic E-state index is 14.4. The molecule has 0 amide bonds. The highest BCUT2D eigenvalue weighted by Gasteiger charge is 2.37. The second kappa shape index (κ2) is 10.1. The van der Waals surface area contributed by atoms with Gasteiger partial charge in [-0.15, -0.1) is 0 Å². The quantitative estimate of drug-likeness (QED) is 0.184. The van der Waals surface area contributed by atoms with Gasteiger partial charge in [-0.05, 0) is 30.2 Å². The normalized spacial score (nSPS) is 11.7. The third-order valence-electron chi connectivity index (χ3n) is 5.30. The lowest BCUT2D eigenvalue weighted by Gasteiger charge is -2.24. The summed E-state index contributed by atoms with van der Waals surface area (Å²) in [6.45, 7) is 0.450. The molecular formula is C24H21F5N2O3S. The molecule has 0 aliphatic rings. The Morgan fingerprint density at radius 1 is 0.714 bits per heavy atom. The van der Waals surface area contributed by atoms with Crippen LogP contribution in [0.5, 0.6) is 0 Å². The molecule has 0 aliphatic carbocycles. The van der Waals surface area contributed by atoms with Crippen molar-refractivity contribution in [2.75, 3.05) is 19.0 Å². The highest BCUT2D eigenvalue weighted by atomic mass is 32.2. The number of Topliss-reactive ketones (excluding diaryl/α,β-unsaturated/α-hetero) is 1. The van der Waals surface area contributed by atoms with E-state index in [-0.39, 0.29) is 5.78 Å². The van der Waals surface area contributed by atoms with E-state index in [1.54, 1.807) is 43.3 Å². The summed E-state index contributed by atoms with van der Waals surface area (Å²) in [5, 5.41) is 0. The summed E-state index contributed by atoms with van der Waals surface area (Å²) in [6.07, 6.45) is 0. The zero-order valence-electron chi connectivity index (χ0n) is 19.0. The van der Waals surface area contributed by atoms with Crippen molar-refractivity contribution in [3.05, 3.63) is 94.3 Å². The molecule has 0 radical (unpaired) electrons. The summed E-state index contributed by atoms with van der Waals surface area (Å²) in [5.74, 6) is -12.3. The van der Waals surface area contributed by atoms with E-state index in [2.05, 4.69) is 0 Å². The summed E-state index contributed by atoms with van der Waals surface area (Å²) >= 11 is 0. The molecular weight excluding hydrogens is 491 g/mol. The van der Waals surface area contributed by atoms with Crippen LogP contribution in [0, 0.1) is 29.1 Å². The first kappa shape index (κ1) is 26.3. The first-order chi connectivity index (χ1) is 16.3. The number of anilines is 1. The van der Waals surface area contributed by atoms with E-state index >= 15 is 0 Å². The fourth-order valence-electron chi connectivity index (χ4n) is 3.32. The first-order valence-corrected chi connectivity index (χ1v) is 11.7. The van der Waals surface area contributed by atoms with Crippen molar-refractivity contribution in [2.45, 2.75) is 24.9 Å². The van der Waals surface area contributed by atoms with Gasteiger partial charge in [0.05, 0.1) is 0 Å². The Hall–Kier alpha value is -3.31. The predicted octanol–water partition coefficient (Wildman–Crippen LogP) is 5.04. The molecule has 0 N–H and O–H groups in total. The minimum atomic E-state index is -5.21. The van der Waals surface area contributed by atoms with E-state index in [0.717, 1.165) is 5.69 Å². The number of carbonyl (C=O) groups is 1. The van der Waals surface area contributed by atoms with Crippen LogP contribution in [0.2, 0.25) is 0 Å². The van der Waals surface area contributed by atoms with Crippen molar-refractivity contribution in [1.82, 2.24) is 4.31 Å². The molecule has 0 heterocycles. The van der Waals surface area contributed by atoms with Gasteiger partial charge >= 0.3 is 0 Å². The van der Waals surface area contributed by atoms with Crippen molar-refractivity contribution < 1.29 is 35.2 Å². The van der Waals surface area contributed by atoms with E-state index < -0.39 is 57.1 Å². The van der Waals surface area contributed by atoms with Crippen LogP contribution in [0.25, 0.3) is 0 Å². The van der Waals surface area contributed by atoms with Crippen LogP contribution in [0.3, 0.4) is 0 Å². The van der Waals surface area contributed by atoms with Gasteiger partial charge in [0.15, 0.2) is 33.9 Å². The van der Waals surface area contributed by atoms with Gasteiger partial charge in [0.1, 0.15) is 0 Å². The molecule has 35 heavy (non-hydrogen) atoms. The average molecular weight is 513 g/mol. The molecule has 3 aromatic carbocycles. The Bertz CT molecular complexity index is 1330. The first-order valence-electron chi connectivity index (χ1n) is 10.2. The van der Waals surface area contributed by atoms with E-state index in [4.69, 9.17) is 0 Å². The van der Waals surface area contributed by atoms with Gasteiger partial charge in [0.25, 0.3) is 0 Å². The SMILES string of the molecule is CC(=O)c1ccc(CN(Cc2ccc(N(C)C)cc2)S(=O)(=O)c2c(F)c(F)c(F)c(F)c2F)cc1. The molecule has 11 heteroatoms. The molecule has 0 bridgehead atoms. The highest BCUT2D eigenvalue weighted by molar-refractivity contribution is 7.89. The van der Waals surface area contributed by atoms with Crippen molar-refractivity contribution in [1.29, 1.82) is 0 Å². The second-order valence-corrected chi connectivity index (χ2v) is 9.86. The van der Waals surface area contributed by atoms with Crippen LogP contribution in [-0.4, -0.2) is 32.6 Å². The Labute approximate surface area is 199 Å². The van der Waals surface area contributed by atoms with Crippen molar-refractivity contribution in [2.24, 2.45) is 0 Å². The summed E-state index contributed by atoms with van der Waals surface area (Å²) in [7, 11) is -1.63. The Balaban J connectivity index is 2.10. The predicted molar refractivity (Wildman–Crippen MR) is 120 cm³/mol. The molecule has 0 spiro atoms. The Morgan fingerprint density at radius 3 is 1.51 bits per heavy atom. The van der Waals surface area contributed by atoms with Gasteiger partial charge in [-0.25, -0.2) is 30.4 Å². The van der Waals surface area contributed by atoms with Crippen molar-refractivity contribution in [3.8, 4) is 0 Å². The van der Waals surface area contributed by atoms with Gasteiger partial charge < -0.3 is 4.90 Å². The summed E-state index contributed by atoms with van der Waals surface area (Å²) in [6, 6.07) is 12.3. The topological polar surface area (TPSA) is 57.7 Å². The van der Waals surface area contributed by atoms with E-state index in [9.17, 15) is 35.2 Å². The molecule has 0 saturated heterocycles. The van der Waals surface area contributed by atoms with Crippen LogP contribution in [0.4, 0.5) is 27.6 Å². The maximum Gasteiger partial charge on any atom is 0.249 e. The second-order valence-electron chi connectivity index (χ2n) is 7.99. The Kier molecular flexibility index (Phi) is 7.61. The largest absolute Gasteiger partial charge is 0.378 e. The fraction of sp³-hybridized carbons (Fsp3) is 0.208. The lowest BCUT2D eigenvalue weighted by molar-refractivity contribution is 0.101. The minimum absolute atomic E-state index is 0.233. The monoisotopic (exact) mass is 512 g/mol. The number of rotatable bonds is 8. The number of hydrogen-bond acceptors (Lipinski definition) is 4. The molecule has 0 saturated carbocycles. The van der Waals surface area contributed by atoms with Gasteiger partial charge in [-0.2, -0.15) is 4.31 Å². The lowest BCUT2D eigenvalue weighted by Crippen LogP contribution is -2.32. The molecule has 3 aromatic rings. The van der Waals surface area contributed by atoms with E-state index in [0.29, 0.717) is 21.0 Å². The highest BCUT2D eigenvalue weighted by Crippen LogP contribution is 2.31. The summed E-state index contributed by atoms with van der Waals surface area (Å²) in [4.78, 5) is 11.4. The molecule has 0 aliphatic heterocycles. The number of benzene rings is 3. The fourth-order valence-corrected chi connectivity index (χ4v) is 4.85. The molecule has 0 aromatic heterocycles. The molecule has 3 rings (SSSR count). The van der Waals surface area contributed by atoms with Crippen LogP contribution in [0.1, 0.15) is 28.4 Å². The van der Waals surface area contributed by atoms with Gasteiger partial charge in [0, 0.05) is 38.4 Å². The molecule has 0 atom stereocenters. The standard InChI is InChI=1S/C24H21F5N2O3S/c1-14(32)17-8-4-15(5-9-17)12-31(13-16-6-10-18(11-7-16)30(2)3)35(33,34)24-22(28)20(26)19(25)21(27)23(24)29/h4-11H,12-13H2,1-3H3. The Morgan fingerprint density at radius 2 is 1.11 bits per heavy atom. The molecule has 0 fully saturated rings. The number of halogens is 5. The number of nitrogens with zero attached hydrogens (tertiary/aromatic N) is 2. The smallest absolute Gasteiger partial charge is 0.249 e. The summed E-state index contributed by atoms with van der Waals surface area (Å²) < 4.78 is 97.2. The third kappa shape index (κ3) is 5.35. The number of ketones is 1. The van der Waals surface area contributed by atoms with Gasteiger partial charge in [-0.3, -0.25) is 4.79 Å². The van der Waals surface area contributed by atoms with Gasteiger partial charge in [-0.1, -0.05) is 36.4 Å². The third-order valence-corrected chi connectivity index (χ3v) is 7.11. The van der Waals surface area contributed by atoms with Crippen LogP contribution >= 0.6 is 0 Å². The number of hydrogen-bond donors (Lipinski definition) is 0. The zero-order valence-corrected chi connectivity index (χ0v) is 19.8. The van der Waals surface area contributed by atoms with Crippen molar-refractivity contribution >= 4 is 21.5 Å². The van der Waals surface area contributed by atoms with E-state index in [1.165, 1.54) is 31.2 Å². The number of carbonyl (C=O) groups excluding carboxylic acids is 1. The summed E-state index contributed by atoms with van der Waals surface area (Å²) in [5.41, 5.74) is 1.88. The average Bonchev–Trinajstić information content (AvgIpc) is 2.81. The molecule has 0 unspecified atom stereocenters. The number of sulfonamides is 1. The minimum Gasteiger partial charge on any atom is -0.378 e. The van der Waals surface area contributed by atoms with Crippen molar-refractivity contribution in [3.63, 3.8) is 0 Å². The molecule has 186 valence electrons. The van der Waals surface area contributed by atoms with Crippen LogP contribution in [0.15, 0.2) is 53.4 Å². The van der Waals surface area contributed by atoms with Gasteiger partial charge in [0.2, 0.25) is 15.8 Å². The molecule has 5 nitrogen and oxygen atoms in total. The zero-order chi connectivity index (χ0) is 26.1. The lowest BCUT2D eigenvalue weighted by atomic mass is 10.1. The van der Waals surface area contributed by atoms with Crippen LogP contribution in [-0.2, 0) is 23.1 Å². The van der Waals surface area contributed by atoms with Crippen LogP contribution < -0.4 is 4.90 Å². The van der Waals surface area contributed by atoms with E-state index in [1.807, 2.05) is 0 Å².